The molecule has 2 fully saturated rings. The van der Waals surface area contributed by atoms with E-state index in [1.165, 1.54) is 18.2 Å². The molecule has 4 rings (SSSR count). The lowest BCUT2D eigenvalue weighted by Crippen LogP contribution is -2.39. The topological polar surface area (TPSA) is 148 Å². The first-order valence-electron chi connectivity index (χ1n) is 7.73. The van der Waals surface area contributed by atoms with Gasteiger partial charge < -0.3 is 15.2 Å². The van der Waals surface area contributed by atoms with Gasteiger partial charge in [0.1, 0.15) is 16.3 Å². The lowest BCUT2D eigenvalue weighted by Gasteiger charge is -2.26. The van der Waals surface area contributed by atoms with Gasteiger partial charge in [-0.05, 0) is 18.6 Å². The van der Waals surface area contributed by atoms with Crippen LogP contribution < -0.4 is 5.73 Å². The summed E-state index contributed by atoms with van der Waals surface area (Å²) in [5, 5.41) is 31.1. The molecule has 0 bridgehead atoms. The molecule has 5 atom stereocenters. The van der Waals surface area contributed by atoms with Gasteiger partial charge in [0.25, 0.3) is 11.6 Å². The lowest BCUT2D eigenvalue weighted by atomic mass is 9.94. The molecule has 1 aromatic rings. The molecular formula is C16H12ClN5O4. The van der Waals surface area contributed by atoms with Gasteiger partial charge in [-0.15, -0.1) is 0 Å². The largest absolute Gasteiger partial charge is 0.386 e. The van der Waals surface area contributed by atoms with Gasteiger partial charge in [0.2, 0.25) is 0 Å². The quantitative estimate of drug-likeness (QED) is 0.613. The van der Waals surface area contributed by atoms with E-state index in [9.17, 15) is 20.6 Å². The summed E-state index contributed by atoms with van der Waals surface area (Å²) in [6.45, 7) is 1.94. The fourth-order valence-electron chi connectivity index (χ4n) is 4.21. The van der Waals surface area contributed by atoms with Crippen LogP contribution >= 0.6 is 11.6 Å². The molecule has 10 heteroatoms. The van der Waals surface area contributed by atoms with E-state index in [0.29, 0.717) is 5.56 Å². The van der Waals surface area contributed by atoms with Gasteiger partial charge in [-0.3, -0.25) is 10.1 Å². The molecule has 9 nitrogen and oxygen atoms in total. The van der Waals surface area contributed by atoms with Crippen LogP contribution in [0.4, 0.5) is 5.69 Å². The van der Waals surface area contributed by atoms with Crippen molar-refractivity contribution in [3.8, 4) is 12.1 Å². The zero-order valence-electron chi connectivity index (χ0n) is 13.5. The predicted octanol–water partition coefficient (Wildman–Crippen LogP) is 1.83. The van der Waals surface area contributed by atoms with E-state index < -0.39 is 27.6 Å². The maximum Gasteiger partial charge on any atom is 0.293 e. The van der Waals surface area contributed by atoms with E-state index >= 15 is 0 Å². The molecule has 1 spiro atoms. The fourth-order valence-corrected chi connectivity index (χ4v) is 4.40. The van der Waals surface area contributed by atoms with Crippen LogP contribution in [0.3, 0.4) is 0 Å². The third-order valence-corrected chi connectivity index (χ3v) is 5.62. The molecule has 1 aromatic carbocycles. The van der Waals surface area contributed by atoms with Gasteiger partial charge >= 0.3 is 0 Å². The Hall–Kier alpha value is -2.72. The number of nitro benzene ring substituents is 1. The SMILES string of the molecule is C[C@@H]1CO[C@@]2(N=C(N)[C@@]3(C#N)[C@@H](c4ccc(Cl)c([N+](=O)[O-])c4)[C@@]23C#N)O1. The van der Waals surface area contributed by atoms with E-state index in [1.54, 1.807) is 6.92 Å². The second kappa shape index (κ2) is 4.92. The molecule has 3 aliphatic rings. The molecule has 132 valence electrons. The number of halogens is 1. The van der Waals surface area contributed by atoms with Gasteiger partial charge in [-0.2, -0.15) is 10.5 Å². The van der Waals surface area contributed by atoms with Crippen LogP contribution in [0.25, 0.3) is 0 Å². The number of nitro groups is 1. The van der Waals surface area contributed by atoms with Gasteiger partial charge in [0.05, 0.1) is 29.8 Å². The number of nitriles is 2. The maximum atomic E-state index is 11.2. The number of amidine groups is 1. The molecule has 1 saturated carbocycles. The number of aliphatic imine (C=N–C) groups is 1. The molecule has 2 heterocycles. The zero-order valence-corrected chi connectivity index (χ0v) is 14.2. The Kier molecular flexibility index (Phi) is 3.17. The molecular weight excluding hydrogens is 362 g/mol. The highest BCUT2D eigenvalue weighted by Crippen LogP contribution is 2.82. The molecule has 0 amide bonds. The molecule has 1 aliphatic carbocycles. The third-order valence-electron chi connectivity index (χ3n) is 5.30. The molecule has 2 aliphatic heterocycles. The van der Waals surface area contributed by atoms with Crippen molar-refractivity contribution >= 4 is 23.1 Å². The molecule has 0 aromatic heterocycles. The van der Waals surface area contributed by atoms with Crippen molar-refractivity contribution < 1.29 is 14.4 Å². The van der Waals surface area contributed by atoms with Crippen molar-refractivity contribution in [2.75, 3.05) is 6.61 Å². The summed E-state index contributed by atoms with van der Waals surface area (Å²) in [5.74, 6) is -2.55. The lowest BCUT2D eigenvalue weighted by molar-refractivity contribution is -0.384. The minimum absolute atomic E-state index is 0.0417. The highest BCUT2D eigenvalue weighted by atomic mass is 35.5. The second-order valence-electron chi connectivity index (χ2n) is 6.56. The summed E-state index contributed by atoms with van der Waals surface area (Å²) in [4.78, 5) is 14.8. The van der Waals surface area contributed by atoms with Crippen molar-refractivity contribution in [3.63, 3.8) is 0 Å². The maximum absolute atomic E-state index is 11.2. The minimum Gasteiger partial charge on any atom is -0.386 e. The number of nitrogens with two attached hydrogens (primary N) is 1. The van der Waals surface area contributed by atoms with Crippen molar-refractivity contribution in [2.24, 2.45) is 21.6 Å². The minimum atomic E-state index is -1.69. The number of nitrogens with zero attached hydrogens (tertiary/aromatic N) is 4. The number of fused-ring (bicyclic) bond motifs is 2. The average molecular weight is 374 g/mol. The number of rotatable bonds is 2. The molecule has 0 unspecified atom stereocenters. The summed E-state index contributed by atoms with van der Waals surface area (Å²) >= 11 is 5.87. The standard InChI is InChI=1S/C16H12ClN5O4/c1-8-5-25-16(26-8)15(7-19)12(14(15,6-18)13(20)21-16)9-2-3-10(17)11(4-9)22(23)24/h2-4,8,12H,5H2,1H3,(H2,20,21)/t8-,12-,14-,15-,16-/m1/s1. The summed E-state index contributed by atoms with van der Waals surface area (Å²) < 4.78 is 11.5. The van der Waals surface area contributed by atoms with Gasteiger partial charge in [0.15, 0.2) is 5.41 Å². The Balaban J connectivity index is 1.91. The first-order valence-corrected chi connectivity index (χ1v) is 8.11. The Labute approximate surface area is 152 Å². The predicted molar refractivity (Wildman–Crippen MR) is 87.8 cm³/mol. The first kappa shape index (κ1) is 16.7. The smallest absolute Gasteiger partial charge is 0.293 e. The van der Waals surface area contributed by atoms with Crippen LogP contribution in [0.2, 0.25) is 5.02 Å². The number of ether oxygens (including phenoxy) is 2. The third kappa shape index (κ3) is 1.59. The Bertz CT molecular complexity index is 968. The molecule has 0 radical (unpaired) electrons. The summed E-state index contributed by atoms with van der Waals surface area (Å²) in [6, 6.07) is 8.37. The normalized spacial score (nSPS) is 39.8. The van der Waals surface area contributed by atoms with Crippen molar-refractivity contribution in [3.05, 3.63) is 38.9 Å². The van der Waals surface area contributed by atoms with Crippen molar-refractivity contribution in [1.82, 2.24) is 0 Å². The molecule has 2 N–H and O–H groups in total. The highest BCUT2D eigenvalue weighted by Gasteiger charge is 2.94. The Morgan fingerprint density at radius 1 is 1.46 bits per heavy atom. The van der Waals surface area contributed by atoms with E-state index in [-0.39, 0.29) is 29.3 Å². The highest BCUT2D eigenvalue weighted by molar-refractivity contribution is 6.32. The van der Waals surface area contributed by atoms with E-state index in [2.05, 4.69) is 17.1 Å². The van der Waals surface area contributed by atoms with Crippen LogP contribution in [-0.2, 0) is 9.47 Å². The number of hydrogen-bond acceptors (Lipinski definition) is 8. The monoisotopic (exact) mass is 373 g/mol. The van der Waals surface area contributed by atoms with Crippen molar-refractivity contribution in [1.29, 1.82) is 10.5 Å². The number of benzene rings is 1. The average Bonchev–Trinajstić information content (AvgIpc) is 2.99. The van der Waals surface area contributed by atoms with Crippen LogP contribution in [0, 0.1) is 43.6 Å². The summed E-state index contributed by atoms with van der Waals surface area (Å²) in [5.41, 5.74) is 3.10. The van der Waals surface area contributed by atoms with Crippen molar-refractivity contribution in [2.45, 2.75) is 24.9 Å². The first-order chi connectivity index (χ1) is 12.3. The van der Waals surface area contributed by atoms with Crippen LogP contribution in [0.15, 0.2) is 23.2 Å². The number of hydrogen-bond donors (Lipinski definition) is 1. The van der Waals surface area contributed by atoms with Gasteiger partial charge in [0, 0.05) is 12.0 Å². The zero-order chi connectivity index (χ0) is 18.9. The summed E-state index contributed by atoms with van der Waals surface area (Å²) in [7, 11) is 0. The van der Waals surface area contributed by atoms with Crippen LogP contribution in [-0.4, -0.2) is 29.4 Å². The van der Waals surface area contributed by atoms with Crippen LogP contribution in [0.5, 0.6) is 0 Å². The Morgan fingerprint density at radius 2 is 2.19 bits per heavy atom. The van der Waals surface area contributed by atoms with Gasteiger partial charge in [-0.25, -0.2) is 4.99 Å². The molecule has 26 heavy (non-hydrogen) atoms. The van der Waals surface area contributed by atoms with E-state index in [1.807, 2.05) is 0 Å². The second-order valence-corrected chi connectivity index (χ2v) is 6.97. The summed E-state index contributed by atoms with van der Waals surface area (Å²) in [6.07, 6.45) is -0.341. The van der Waals surface area contributed by atoms with Crippen LogP contribution in [0.1, 0.15) is 18.4 Å². The van der Waals surface area contributed by atoms with Gasteiger partial charge in [-0.1, -0.05) is 17.7 Å². The van der Waals surface area contributed by atoms with E-state index in [0.717, 1.165) is 0 Å². The Morgan fingerprint density at radius 3 is 2.73 bits per heavy atom. The molecule has 1 saturated heterocycles. The van der Waals surface area contributed by atoms with E-state index in [4.69, 9.17) is 26.8 Å². The fraction of sp³-hybridized carbons (Fsp3) is 0.438.